The van der Waals surface area contributed by atoms with Gasteiger partial charge in [-0.05, 0) is 12.1 Å². The van der Waals surface area contributed by atoms with Gasteiger partial charge in [0.1, 0.15) is 4.90 Å². The average Bonchev–Trinajstić information content (AvgIpc) is 2.21. The number of nitrogens with two attached hydrogens (primary N) is 1. The molecule has 7 nitrogen and oxygen atoms in total. The van der Waals surface area contributed by atoms with E-state index in [4.69, 9.17) is 28.9 Å². The SMILES string of the molecule is CN(C)S(=O)(=O)NS(=O)(=O)c1cc(Cl)c(N)cc1Cl. The van der Waals surface area contributed by atoms with Crippen LogP contribution < -0.4 is 9.86 Å². The van der Waals surface area contributed by atoms with E-state index in [1.54, 1.807) is 0 Å². The van der Waals surface area contributed by atoms with Gasteiger partial charge in [0.15, 0.2) is 0 Å². The maximum Gasteiger partial charge on any atom is 0.292 e. The van der Waals surface area contributed by atoms with Crippen LogP contribution in [0.2, 0.25) is 10.0 Å². The fourth-order valence-corrected chi connectivity index (χ4v) is 4.37. The number of hydrogen-bond acceptors (Lipinski definition) is 5. The van der Waals surface area contributed by atoms with Crippen molar-refractivity contribution in [2.75, 3.05) is 19.8 Å². The summed E-state index contributed by atoms with van der Waals surface area (Å²) in [5, 5.41) is -0.282. The highest BCUT2D eigenvalue weighted by molar-refractivity contribution is 8.03. The first-order valence-corrected chi connectivity index (χ1v) is 8.36. The lowest BCUT2D eigenvalue weighted by Gasteiger charge is -2.14. The first-order valence-electron chi connectivity index (χ1n) is 4.68. The van der Waals surface area contributed by atoms with Gasteiger partial charge < -0.3 is 5.73 Å². The molecule has 0 aromatic heterocycles. The molecule has 0 atom stereocenters. The van der Waals surface area contributed by atoms with Crippen molar-refractivity contribution in [2.24, 2.45) is 0 Å². The van der Waals surface area contributed by atoms with Gasteiger partial charge in [-0.15, -0.1) is 0 Å². The smallest absolute Gasteiger partial charge is 0.292 e. The molecule has 1 aromatic rings. The predicted octanol–water partition coefficient (Wildman–Crippen LogP) is 0.660. The maximum absolute atomic E-state index is 11.9. The van der Waals surface area contributed by atoms with Gasteiger partial charge in [0.2, 0.25) is 0 Å². The highest BCUT2D eigenvalue weighted by atomic mass is 35.5. The number of hydrogen-bond donors (Lipinski definition) is 2. The van der Waals surface area contributed by atoms with Crippen molar-refractivity contribution in [3.8, 4) is 0 Å². The fraction of sp³-hybridized carbons (Fsp3) is 0.250. The van der Waals surface area contributed by atoms with E-state index in [-0.39, 0.29) is 15.7 Å². The molecule has 0 aliphatic heterocycles. The summed E-state index contributed by atoms with van der Waals surface area (Å²) >= 11 is 11.4. The van der Waals surface area contributed by atoms with Gasteiger partial charge in [-0.2, -0.15) is 12.7 Å². The van der Waals surface area contributed by atoms with E-state index in [1.807, 2.05) is 0 Å². The van der Waals surface area contributed by atoms with Gasteiger partial charge in [-0.3, -0.25) is 0 Å². The predicted molar refractivity (Wildman–Crippen MR) is 73.8 cm³/mol. The summed E-state index contributed by atoms with van der Waals surface area (Å²) < 4.78 is 49.1. The van der Waals surface area contributed by atoms with Gasteiger partial charge in [0.25, 0.3) is 20.2 Å². The third-order valence-corrected chi connectivity index (χ3v) is 6.39. The number of anilines is 1. The third-order valence-electron chi connectivity index (χ3n) is 2.04. The minimum absolute atomic E-state index is 0.0490. The van der Waals surface area contributed by atoms with E-state index < -0.39 is 25.1 Å². The second-order valence-corrected chi connectivity index (χ2v) is 8.29. The number of sulfonamides is 1. The van der Waals surface area contributed by atoms with Crippen LogP contribution in [-0.2, 0) is 20.2 Å². The second-order valence-electron chi connectivity index (χ2n) is 3.68. The summed E-state index contributed by atoms with van der Waals surface area (Å²) in [5.41, 5.74) is 5.53. The quantitative estimate of drug-likeness (QED) is 0.777. The summed E-state index contributed by atoms with van der Waals surface area (Å²) in [6, 6.07) is 2.10. The zero-order valence-corrected chi connectivity index (χ0v) is 13.0. The Morgan fingerprint density at radius 3 is 2.11 bits per heavy atom. The lowest BCUT2D eigenvalue weighted by atomic mass is 10.3. The molecular formula is C8H11Cl2N3O4S2. The summed E-state index contributed by atoms with van der Waals surface area (Å²) in [4.78, 5) is -0.473. The molecule has 0 spiro atoms. The van der Waals surface area contributed by atoms with E-state index in [1.165, 1.54) is 18.2 Å². The third kappa shape index (κ3) is 3.71. The number of rotatable bonds is 4. The molecule has 0 fully saturated rings. The Kier molecular flexibility index (Phi) is 4.71. The van der Waals surface area contributed by atoms with Crippen LogP contribution in [0.15, 0.2) is 17.0 Å². The summed E-state index contributed by atoms with van der Waals surface area (Å²) in [7, 11) is -6.21. The largest absolute Gasteiger partial charge is 0.397 e. The Labute approximate surface area is 121 Å². The molecule has 0 amide bonds. The van der Waals surface area contributed by atoms with E-state index in [0.29, 0.717) is 4.31 Å². The molecular weight excluding hydrogens is 337 g/mol. The Morgan fingerprint density at radius 2 is 1.63 bits per heavy atom. The molecule has 1 aromatic carbocycles. The number of benzene rings is 1. The van der Waals surface area contributed by atoms with Crippen LogP contribution in [0, 0.1) is 0 Å². The minimum Gasteiger partial charge on any atom is -0.397 e. The number of halogens is 2. The number of nitrogens with one attached hydrogen (secondary N) is 1. The van der Waals surface area contributed by atoms with Crippen LogP contribution in [0.5, 0.6) is 0 Å². The second kappa shape index (κ2) is 5.43. The molecule has 11 heteroatoms. The van der Waals surface area contributed by atoms with Crippen LogP contribution in [0.3, 0.4) is 0 Å². The van der Waals surface area contributed by atoms with Gasteiger partial charge in [0.05, 0.1) is 15.7 Å². The van der Waals surface area contributed by atoms with Gasteiger partial charge in [-0.25, -0.2) is 8.42 Å². The normalized spacial score (nSPS) is 12.9. The van der Waals surface area contributed by atoms with Crippen molar-refractivity contribution < 1.29 is 16.8 Å². The van der Waals surface area contributed by atoms with E-state index in [2.05, 4.69) is 0 Å². The van der Waals surface area contributed by atoms with Crippen molar-refractivity contribution >= 4 is 49.1 Å². The molecule has 0 unspecified atom stereocenters. The van der Waals surface area contributed by atoms with Crippen LogP contribution in [-0.4, -0.2) is 35.2 Å². The lowest BCUT2D eigenvalue weighted by Crippen LogP contribution is -2.39. The molecule has 19 heavy (non-hydrogen) atoms. The zero-order valence-electron chi connectivity index (χ0n) is 9.88. The molecule has 0 heterocycles. The van der Waals surface area contributed by atoms with Crippen molar-refractivity contribution in [2.45, 2.75) is 4.90 Å². The summed E-state index contributed by atoms with van der Waals surface area (Å²) in [6.07, 6.45) is 0. The molecule has 0 aliphatic rings. The van der Waals surface area contributed by atoms with Crippen molar-refractivity contribution in [3.05, 3.63) is 22.2 Å². The monoisotopic (exact) mass is 347 g/mol. The van der Waals surface area contributed by atoms with Gasteiger partial charge in [0, 0.05) is 14.1 Å². The summed E-state index contributed by atoms with van der Waals surface area (Å²) in [5.74, 6) is 0. The van der Waals surface area contributed by atoms with Gasteiger partial charge in [-0.1, -0.05) is 27.3 Å². The highest BCUT2D eigenvalue weighted by Crippen LogP contribution is 2.30. The van der Waals surface area contributed by atoms with Crippen molar-refractivity contribution in [1.29, 1.82) is 0 Å². The van der Waals surface area contributed by atoms with E-state index in [0.717, 1.165) is 12.1 Å². The minimum atomic E-state index is -4.38. The Balaban J connectivity index is 3.34. The topological polar surface area (TPSA) is 110 Å². The van der Waals surface area contributed by atoms with Crippen LogP contribution in [0.4, 0.5) is 5.69 Å². The Bertz CT molecular complexity index is 701. The molecule has 0 bridgehead atoms. The molecule has 0 aliphatic carbocycles. The first-order chi connectivity index (χ1) is 8.47. The lowest BCUT2D eigenvalue weighted by molar-refractivity contribution is 0.514. The number of nitrogen functional groups attached to an aromatic ring is 1. The maximum atomic E-state index is 11.9. The van der Waals surface area contributed by atoms with Crippen LogP contribution in [0.25, 0.3) is 0 Å². The highest BCUT2D eigenvalue weighted by Gasteiger charge is 2.27. The van der Waals surface area contributed by atoms with Crippen molar-refractivity contribution in [1.82, 2.24) is 8.43 Å². The molecule has 0 radical (unpaired) electrons. The Hall–Kier alpha value is -0.580. The van der Waals surface area contributed by atoms with Crippen LogP contribution in [0.1, 0.15) is 0 Å². The van der Waals surface area contributed by atoms with Gasteiger partial charge >= 0.3 is 0 Å². The standard InChI is InChI=1S/C8H11Cl2N3O4S2/c1-13(2)19(16,17)12-18(14,15)8-4-5(9)7(11)3-6(8)10/h3-4,12H,11H2,1-2H3. The molecule has 1 rings (SSSR count). The fourth-order valence-electron chi connectivity index (χ4n) is 1.01. The Morgan fingerprint density at radius 1 is 1.11 bits per heavy atom. The number of nitrogens with zero attached hydrogens (tertiary/aromatic N) is 1. The van der Waals surface area contributed by atoms with Crippen molar-refractivity contribution in [3.63, 3.8) is 0 Å². The molecule has 3 N–H and O–H groups in total. The zero-order chi connectivity index (χ0) is 15.0. The molecule has 0 saturated heterocycles. The van der Waals surface area contributed by atoms with E-state index >= 15 is 0 Å². The van der Waals surface area contributed by atoms with Crippen LogP contribution >= 0.6 is 23.2 Å². The van der Waals surface area contributed by atoms with E-state index in [9.17, 15) is 16.8 Å². The summed E-state index contributed by atoms with van der Waals surface area (Å²) in [6.45, 7) is 0. The first kappa shape index (κ1) is 16.5. The molecule has 108 valence electrons. The molecule has 0 saturated carbocycles. The average molecular weight is 348 g/mol.